The molecule has 116 valence electrons. The van der Waals surface area contributed by atoms with Crippen LogP contribution < -0.4 is 10.6 Å². The Balaban J connectivity index is 1.81. The normalized spacial score (nSPS) is 16.1. The van der Waals surface area contributed by atoms with Crippen molar-refractivity contribution in [3.63, 3.8) is 0 Å². The molecule has 1 amide bonds. The van der Waals surface area contributed by atoms with Gasteiger partial charge in [0, 0.05) is 15.8 Å². The van der Waals surface area contributed by atoms with Crippen LogP contribution in [0.2, 0.25) is 0 Å². The van der Waals surface area contributed by atoms with Gasteiger partial charge in [0.1, 0.15) is 0 Å². The topological polar surface area (TPSA) is 44.4 Å². The summed E-state index contributed by atoms with van der Waals surface area (Å²) in [4.78, 5) is 14.4. The molecule has 1 aromatic rings. The summed E-state index contributed by atoms with van der Waals surface area (Å²) in [7, 11) is 0. The fraction of sp³-hybridized carbons (Fsp3) is 0.562. The Hall–Kier alpha value is -0.660. The highest BCUT2D eigenvalue weighted by Crippen LogP contribution is 2.14. The Kier molecular flexibility index (Phi) is 6.92. The maximum Gasteiger partial charge on any atom is 0.238 e. The van der Waals surface area contributed by atoms with Gasteiger partial charge in [-0.25, -0.2) is 0 Å². The zero-order chi connectivity index (χ0) is 15.1. The Morgan fingerprint density at radius 1 is 1.43 bits per heavy atom. The summed E-state index contributed by atoms with van der Waals surface area (Å²) < 4.78 is 1.13. The zero-order valence-corrected chi connectivity index (χ0v) is 14.7. The first-order valence-corrected chi connectivity index (χ1v) is 8.73. The van der Waals surface area contributed by atoms with E-state index in [9.17, 15) is 4.79 Å². The van der Waals surface area contributed by atoms with Crippen LogP contribution in [0, 0.1) is 9.49 Å². The lowest BCUT2D eigenvalue weighted by molar-refractivity contribution is -0.117. The van der Waals surface area contributed by atoms with Crippen LogP contribution in [-0.4, -0.2) is 43.5 Å². The highest BCUT2D eigenvalue weighted by Gasteiger charge is 2.17. The number of likely N-dealkylation sites (N-methyl/N-ethyl adjacent to an activating group) is 1. The Bertz CT molecular complexity index is 461. The van der Waals surface area contributed by atoms with Gasteiger partial charge in [-0.3, -0.25) is 9.69 Å². The van der Waals surface area contributed by atoms with Crippen molar-refractivity contribution in [1.29, 1.82) is 0 Å². The van der Waals surface area contributed by atoms with Gasteiger partial charge in [-0.2, -0.15) is 0 Å². The van der Waals surface area contributed by atoms with Crippen molar-refractivity contribution < 1.29 is 4.79 Å². The van der Waals surface area contributed by atoms with Crippen molar-refractivity contribution in [3.05, 3.63) is 27.8 Å². The van der Waals surface area contributed by atoms with E-state index in [-0.39, 0.29) is 5.91 Å². The lowest BCUT2D eigenvalue weighted by Crippen LogP contribution is -2.39. The smallest absolute Gasteiger partial charge is 0.238 e. The fourth-order valence-corrected chi connectivity index (χ4v) is 3.25. The quantitative estimate of drug-likeness (QED) is 0.721. The number of anilines is 1. The second-order valence-electron chi connectivity index (χ2n) is 5.58. The minimum Gasteiger partial charge on any atom is -0.325 e. The molecule has 5 heteroatoms. The largest absolute Gasteiger partial charge is 0.325 e. The second-order valence-corrected chi connectivity index (χ2v) is 6.83. The Labute approximate surface area is 140 Å². The summed E-state index contributed by atoms with van der Waals surface area (Å²) in [5.74, 6) is 0.796. The minimum atomic E-state index is 0.0767. The molecule has 0 aromatic heterocycles. The number of piperidine rings is 1. The van der Waals surface area contributed by atoms with Gasteiger partial charge in [0.2, 0.25) is 5.91 Å². The van der Waals surface area contributed by atoms with Crippen molar-refractivity contribution in [1.82, 2.24) is 10.2 Å². The number of amides is 1. The van der Waals surface area contributed by atoms with Crippen LogP contribution in [0.15, 0.2) is 24.3 Å². The van der Waals surface area contributed by atoms with Crippen LogP contribution in [0.5, 0.6) is 0 Å². The molecule has 0 atom stereocenters. The summed E-state index contributed by atoms with van der Waals surface area (Å²) in [6.07, 6.45) is 2.43. The van der Waals surface area contributed by atoms with Crippen LogP contribution in [0.3, 0.4) is 0 Å². The van der Waals surface area contributed by atoms with Crippen molar-refractivity contribution in [3.8, 4) is 0 Å². The summed E-state index contributed by atoms with van der Waals surface area (Å²) in [5.41, 5.74) is 0.879. The number of carbonyl (C=O) groups excluding carboxylic acids is 1. The first-order valence-electron chi connectivity index (χ1n) is 7.66. The molecule has 0 unspecified atom stereocenters. The van der Waals surface area contributed by atoms with E-state index in [1.165, 1.54) is 12.8 Å². The minimum absolute atomic E-state index is 0.0767. The van der Waals surface area contributed by atoms with Gasteiger partial charge in [0.05, 0.1) is 6.54 Å². The first-order chi connectivity index (χ1) is 10.2. The molecule has 2 N–H and O–H groups in total. The van der Waals surface area contributed by atoms with Crippen LogP contribution in [0.25, 0.3) is 0 Å². The number of halogens is 1. The summed E-state index contributed by atoms with van der Waals surface area (Å²) in [6, 6.07) is 7.90. The number of hydrogen-bond donors (Lipinski definition) is 2. The van der Waals surface area contributed by atoms with Gasteiger partial charge in [0.25, 0.3) is 0 Å². The third-order valence-corrected chi connectivity index (χ3v) is 4.57. The third kappa shape index (κ3) is 5.92. The van der Waals surface area contributed by atoms with E-state index in [2.05, 4.69) is 45.0 Å². The SMILES string of the molecule is CCN(CC(=O)Nc1cccc(I)c1)CC1CCNCC1. The molecule has 1 fully saturated rings. The average molecular weight is 401 g/mol. The van der Waals surface area contributed by atoms with E-state index in [0.29, 0.717) is 6.54 Å². The van der Waals surface area contributed by atoms with Gasteiger partial charge >= 0.3 is 0 Å². The van der Waals surface area contributed by atoms with E-state index in [4.69, 9.17) is 0 Å². The zero-order valence-electron chi connectivity index (χ0n) is 12.6. The molecule has 21 heavy (non-hydrogen) atoms. The maximum absolute atomic E-state index is 12.2. The van der Waals surface area contributed by atoms with Crippen molar-refractivity contribution >= 4 is 34.2 Å². The van der Waals surface area contributed by atoms with Gasteiger partial charge in [0.15, 0.2) is 0 Å². The molecule has 2 rings (SSSR count). The summed E-state index contributed by atoms with van der Waals surface area (Å²) in [6.45, 7) is 6.76. The van der Waals surface area contributed by atoms with Gasteiger partial charge in [-0.15, -0.1) is 0 Å². The summed E-state index contributed by atoms with van der Waals surface area (Å²) in [5, 5.41) is 6.37. The molecule has 4 nitrogen and oxygen atoms in total. The van der Waals surface area contributed by atoms with E-state index in [1.807, 2.05) is 24.3 Å². The Morgan fingerprint density at radius 2 is 2.19 bits per heavy atom. The molecule has 1 aliphatic rings. The molecule has 0 saturated carbocycles. The van der Waals surface area contributed by atoms with Gasteiger partial charge in [-0.05, 0) is 79.2 Å². The van der Waals surface area contributed by atoms with E-state index in [0.717, 1.165) is 41.4 Å². The molecule has 0 spiro atoms. The number of nitrogens with zero attached hydrogens (tertiary/aromatic N) is 1. The van der Waals surface area contributed by atoms with Crippen LogP contribution >= 0.6 is 22.6 Å². The second kappa shape index (κ2) is 8.70. The van der Waals surface area contributed by atoms with Crippen LogP contribution in [-0.2, 0) is 4.79 Å². The standard InChI is InChI=1S/C16H24IN3O/c1-2-20(11-13-6-8-18-9-7-13)12-16(21)19-15-5-3-4-14(17)10-15/h3-5,10,13,18H,2,6-9,11-12H2,1H3,(H,19,21). The molecule has 1 aliphatic heterocycles. The van der Waals surface area contributed by atoms with Crippen LogP contribution in [0.1, 0.15) is 19.8 Å². The predicted octanol–water partition coefficient (Wildman–Crippen LogP) is 2.55. The molecular formula is C16H24IN3O. The number of nitrogens with one attached hydrogen (secondary N) is 2. The molecule has 0 aliphatic carbocycles. The highest BCUT2D eigenvalue weighted by atomic mass is 127. The number of hydrogen-bond acceptors (Lipinski definition) is 3. The molecule has 0 bridgehead atoms. The molecule has 1 saturated heterocycles. The number of carbonyl (C=O) groups is 1. The Morgan fingerprint density at radius 3 is 2.86 bits per heavy atom. The van der Waals surface area contributed by atoms with Crippen LogP contribution in [0.4, 0.5) is 5.69 Å². The average Bonchev–Trinajstić information content (AvgIpc) is 2.47. The van der Waals surface area contributed by atoms with Gasteiger partial charge < -0.3 is 10.6 Å². The number of rotatable bonds is 6. The maximum atomic E-state index is 12.2. The highest BCUT2D eigenvalue weighted by molar-refractivity contribution is 14.1. The first kappa shape index (κ1) is 16.7. The van der Waals surface area contributed by atoms with Gasteiger partial charge in [-0.1, -0.05) is 13.0 Å². The monoisotopic (exact) mass is 401 g/mol. The molecule has 0 radical (unpaired) electrons. The molecular weight excluding hydrogens is 377 g/mol. The summed E-state index contributed by atoms with van der Waals surface area (Å²) >= 11 is 2.25. The number of benzene rings is 1. The molecule has 1 aromatic carbocycles. The van der Waals surface area contributed by atoms with E-state index in [1.54, 1.807) is 0 Å². The lowest BCUT2D eigenvalue weighted by Gasteiger charge is -2.28. The third-order valence-electron chi connectivity index (χ3n) is 3.90. The molecule has 1 heterocycles. The van der Waals surface area contributed by atoms with Crippen molar-refractivity contribution in [2.75, 3.05) is 38.0 Å². The lowest BCUT2D eigenvalue weighted by atomic mass is 9.97. The van der Waals surface area contributed by atoms with E-state index < -0.39 is 0 Å². The fourth-order valence-electron chi connectivity index (χ4n) is 2.70. The predicted molar refractivity (Wildman–Crippen MR) is 95.5 cm³/mol. The van der Waals surface area contributed by atoms with Crippen molar-refractivity contribution in [2.45, 2.75) is 19.8 Å². The van der Waals surface area contributed by atoms with E-state index >= 15 is 0 Å². The van der Waals surface area contributed by atoms with Crippen molar-refractivity contribution in [2.24, 2.45) is 5.92 Å².